The number of carbonyl (C=O) groups is 1. The molecule has 4 nitrogen and oxygen atoms in total. The second-order valence-corrected chi connectivity index (χ2v) is 5.98. The lowest BCUT2D eigenvalue weighted by atomic mass is 10.0. The molecule has 2 N–H and O–H groups in total. The van der Waals surface area contributed by atoms with E-state index in [9.17, 15) is 18.0 Å². The first-order valence-corrected chi connectivity index (χ1v) is 8.22. The van der Waals surface area contributed by atoms with Crippen molar-refractivity contribution in [2.24, 2.45) is 0 Å². The number of alkyl halides is 3. The van der Waals surface area contributed by atoms with Crippen molar-refractivity contribution in [1.29, 1.82) is 0 Å². The summed E-state index contributed by atoms with van der Waals surface area (Å²) in [6.07, 6.45) is 2.48. The fourth-order valence-corrected chi connectivity index (χ4v) is 2.56. The molecule has 3 rings (SSSR count). The first-order valence-electron chi connectivity index (χ1n) is 8.22. The topological polar surface area (TPSA) is 62.2 Å². The average Bonchev–Trinajstić information content (AvgIpc) is 2.72. The number of hydrogen-bond donors (Lipinski definition) is 2. The molecule has 1 amide bonds. The molecular formula is C21H15F3N2O2. The molecule has 2 aromatic carbocycles. The summed E-state index contributed by atoms with van der Waals surface area (Å²) >= 11 is 0. The fraction of sp³-hybridized carbons (Fsp3) is 0.0476. The van der Waals surface area contributed by atoms with Gasteiger partial charge in [0.25, 0.3) is 5.91 Å². The summed E-state index contributed by atoms with van der Waals surface area (Å²) in [5.74, 6) is -0.594. The maximum atomic E-state index is 12.7. The van der Waals surface area contributed by atoms with Gasteiger partial charge in [-0.3, -0.25) is 15.0 Å². The molecule has 0 atom stereocenters. The number of hydroxylamine groups is 1. The lowest BCUT2D eigenvalue weighted by Crippen LogP contribution is -2.18. The van der Waals surface area contributed by atoms with Crippen molar-refractivity contribution < 1.29 is 23.2 Å². The molecule has 3 aromatic rings. The third kappa shape index (κ3) is 4.63. The summed E-state index contributed by atoms with van der Waals surface area (Å²) in [4.78, 5) is 15.4. The molecule has 7 heteroatoms. The van der Waals surface area contributed by atoms with Crippen LogP contribution >= 0.6 is 0 Å². The standard InChI is InChI=1S/C21H15F3N2O2/c22-21(23,24)19-9-7-16(8-10-19)18-11-15(12-25-13-18)2-1-14-3-5-17(6-4-14)20(27)26-28/h1-13,28H,(H,26,27)/b2-1+. The molecule has 0 unspecified atom stereocenters. The Morgan fingerprint density at radius 3 is 2.14 bits per heavy atom. The SMILES string of the molecule is O=C(NO)c1ccc(/C=C/c2cncc(-c3ccc(C(F)(F)F)cc3)c2)cc1. The van der Waals surface area contributed by atoms with Crippen LogP contribution in [0.5, 0.6) is 0 Å². The number of rotatable bonds is 4. The van der Waals surface area contributed by atoms with Crippen molar-refractivity contribution in [2.45, 2.75) is 6.18 Å². The normalized spacial score (nSPS) is 11.6. The maximum Gasteiger partial charge on any atom is 0.416 e. The number of pyridine rings is 1. The maximum absolute atomic E-state index is 12.7. The Labute approximate surface area is 158 Å². The van der Waals surface area contributed by atoms with Gasteiger partial charge in [0.15, 0.2) is 0 Å². The van der Waals surface area contributed by atoms with Crippen LogP contribution in [0.15, 0.2) is 67.0 Å². The summed E-state index contributed by atoms with van der Waals surface area (Å²) in [6.45, 7) is 0. The highest BCUT2D eigenvalue weighted by molar-refractivity contribution is 5.93. The van der Waals surface area contributed by atoms with Crippen molar-refractivity contribution in [3.63, 3.8) is 0 Å². The lowest BCUT2D eigenvalue weighted by Gasteiger charge is -2.08. The van der Waals surface area contributed by atoms with E-state index in [1.807, 2.05) is 18.2 Å². The molecule has 142 valence electrons. The summed E-state index contributed by atoms with van der Waals surface area (Å²) in [5, 5.41) is 8.61. The van der Waals surface area contributed by atoms with E-state index in [0.717, 1.165) is 23.3 Å². The van der Waals surface area contributed by atoms with Crippen molar-refractivity contribution in [1.82, 2.24) is 10.5 Å². The van der Waals surface area contributed by atoms with Gasteiger partial charge in [0.05, 0.1) is 5.56 Å². The molecular weight excluding hydrogens is 369 g/mol. The lowest BCUT2D eigenvalue weighted by molar-refractivity contribution is -0.137. The van der Waals surface area contributed by atoms with Gasteiger partial charge in [-0.2, -0.15) is 13.2 Å². The van der Waals surface area contributed by atoms with Crippen molar-refractivity contribution in [2.75, 3.05) is 0 Å². The van der Waals surface area contributed by atoms with E-state index < -0.39 is 17.6 Å². The molecule has 0 saturated carbocycles. The second-order valence-electron chi connectivity index (χ2n) is 5.98. The molecule has 28 heavy (non-hydrogen) atoms. The van der Waals surface area contributed by atoms with E-state index in [4.69, 9.17) is 5.21 Å². The predicted molar refractivity (Wildman–Crippen MR) is 99.3 cm³/mol. The van der Waals surface area contributed by atoms with Crippen molar-refractivity contribution in [3.05, 3.63) is 89.2 Å². The molecule has 0 aliphatic heterocycles. The Balaban J connectivity index is 1.78. The molecule has 1 heterocycles. The van der Waals surface area contributed by atoms with E-state index in [1.165, 1.54) is 12.1 Å². The minimum absolute atomic E-state index is 0.325. The highest BCUT2D eigenvalue weighted by Crippen LogP contribution is 2.31. The highest BCUT2D eigenvalue weighted by atomic mass is 19.4. The number of hydrogen-bond acceptors (Lipinski definition) is 3. The van der Waals surface area contributed by atoms with Gasteiger partial charge in [0.2, 0.25) is 0 Å². The van der Waals surface area contributed by atoms with Gasteiger partial charge in [-0.15, -0.1) is 0 Å². The monoisotopic (exact) mass is 384 g/mol. The molecule has 0 aliphatic rings. The summed E-state index contributed by atoms with van der Waals surface area (Å²) in [5.41, 5.74) is 4.13. The van der Waals surface area contributed by atoms with Crippen molar-refractivity contribution in [3.8, 4) is 11.1 Å². The summed E-state index contributed by atoms with van der Waals surface area (Å²) in [7, 11) is 0. The largest absolute Gasteiger partial charge is 0.416 e. The van der Waals surface area contributed by atoms with Crippen LogP contribution < -0.4 is 5.48 Å². The van der Waals surface area contributed by atoms with Crippen LogP contribution in [0.2, 0.25) is 0 Å². The quantitative estimate of drug-likeness (QED) is 0.488. The Morgan fingerprint density at radius 1 is 0.893 bits per heavy atom. The van der Waals surface area contributed by atoms with Crippen LogP contribution in [0.3, 0.4) is 0 Å². The van der Waals surface area contributed by atoms with Crippen LogP contribution in [-0.2, 0) is 6.18 Å². The molecule has 0 aliphatic carbocycles. The Kier molecular flexibility index (Phi) is 5.56. The first-order chi connectivity index (χ1) is 13.4. The highest BCUT2D eigenvalue weighted by Gasteiger charge is 2.29. The summed E-state index contributed by atoms with van der Waals surface area (Å²) in [6, 6.07) is 13.3. The number of amides is 1. The zero-order valence-electron chi connectivity index (χ0n) is 14.4. The van der Waals surface area contributed by atoms with E-state index in [0.29, 0.717) is 16.7 Å². The van der Waals surface area contributed by atoms with E-state index >= 15 is 0 Å². The van der Waals surface area contributed by atoms with Crippen LogP contribution in [0.4, 0.5) is 13.2 Å². The number of aromatic nitrogens is 1. The van der Waals surface area contributed by atoms with Gasteiger partial charge in [0.1, 0.15) is 0 Å². The number of nitrogens with zero attached hydrogens (tertiary/aromatic N) is 1. The Bertz CT molecular complexity index is 995. The van der Waals surface area contributed by atoms with Crippen LogP contribution in [0, 0.1) is 0 Å². The van der Waals surface area contributed by atoms with Crippen LogP contribution in [0.1, 0.15) is 27.0 Å². The number of nitrogens with one attached hydrogen (secondary N) is 1. The second kappa shape index (κ2) is 8.06. The van der Waals surface area contributed by atoms with Gasteiger partial charge < -0.3 is 0 Å². The minimum Gasteiger partial charge on any atom is -0.288 e. The number of halogens is 3. The van der Waals surface area contributed by atoms with Gasteiger partial charge in [-0.1, -0.05) is 36.4 Å². The molecule has 0 fully saturated rings. The fourth-order valence-electron chi connectivity index (χ4n) is 2.56. The van der Waals surface area contributed by atoms with Crippen molar-refractivity contribution >= 4 is 18.1 Å². The Hall–Kier alpha value is -3.45. The number of carbonyl (C=O) groups excluding carboxylic acids is 1. The smallest absolute Gasteiger partial charge is 0.288 e. The van der Waals surface area contributed by atoms with E-state index in [2.05, 4.69) is 4.98 Å². The number of benzene rings is 2. The van der Waals surface area contributed by atoms with E-state index in [1.54, 1.807) is 42.1 Å². The zero-order valence-corrected chi connectivity index (χ0v) is 14.4. The van der Waals surface area contributed by atoms with Gasteiger partial charge >= 0.3 is 6.18 Å². The molecule has 0 saturated heterocycles. The third-order valence-corrected chi connectivity index (χ3v) is 4.05. The molecule has 0 bridgehead atoms. The van der Waals surface area contributed by atoms with Gasteiger partial charge in [-0.05, 0) is 47.0 Å². The molecule has 0 spiro atoms. The zero-order chi connectivity index (χ0) is 20.1. The Morgan fingerprint density at radius 2 is 1.54 bits per heavy atom. The minimum atomic E-state index is -4.37. The third-order valence-electron chi connectivity index (χ3n) is 4.05. The average molecular weight is 384 g/mol. The van der Waals surface area contributed by atoms with Crippen LogP contribution in [0.25, 0.3) is 23.3 Å². The summed E-state index contributed by atoms with van der Waals surface area (Å²) < 4.78 is 38.0. The predicted octanol–water partition coefficient (Wildman–Crippen LogP) is 5.06. The van der Waals surface area contributed by atoms with Gasteiger partial charge in [0, 0.05) is 23.5 Å². The first kappa shape index (κ1) is 19.3. The van der Waals surface area contributed by atoms with Gasteiger partial charge in [-0.25, -0.2) is 5.48 Å². The molecule has 0 radical (unpaired) electrons. The molecule has 1 aromatic heterocycles. The van der Waals surface area contributed by atoms with Crippen LogP contribution in [-0.4, -0.2) is 16.1 Å². The van der Waals surface area contributed by atoms with E-state index in [-0.39, 0.29) is 0 Å².